The van der Waals surface area contributed by atoms with Crippen molar-refractivity contribution in [2.75, 3.05) is 5.32 Å². The maximum absolute atomic E-state index is 13.0. The maximum atomic E-state index is 13.0. The van der Waals surface area contributed by atoms with E-state index < -0.39 is 39.8 Å². The lowest BCUT2D eigenvalue weighted by Crippen LogP contribution is -2.13. The number of carbonyl (C=O) groups excluding carboxylic acids is 1. The van der Waals surface area contributed by atoms with Crippen LogP contribution < -0.4 is 10.1 Å². The normalized spacial score (nSPS) is 11.4. The fourth-order valence-corrected chi connectivity index (χ4v) is 2.73. The Balaban J connectivity index is 1.77. The summed E-state index contributed by atoms with van der Waals surface area (Å²) in [6, 6.07) is 14.2. The zero-order valence-electron chi connectivity index (χ0n) is 17.0. The number of benzene rings is 3. The lowest BCUT2D eigenvalue weighted by molar-refractivity contribution is -0.385. The Morgan fingerprint density at radius 3 is 2.26 bits per heavy atom. The van der Waals surface area contributed by atoms with E-state index in [4.69, 9.17) is 4.74 Å². The average molecular weight is 471 g/mol. The number of nitro benzene ring substituents is 1. The van der Waals surface area contributed by atoms with Crippen molar-refractivity contribution in [3.05, 3.63) is 99.4 Å². The molecule has 0 atom stereocenters. The molecule has 11 heteroatoms. The van der Waals surface area contributed by atoms with Gasteiger partial charge in [0.25, 0.3) is 5.91 Å². The molecule has 172 valence electrons. The number of rotatable bonds is 6. The van der Waals surface area contributed by atoms with Crippen LogP contribution in [-0.4, -0.2) is 10.8 Å². The number of anilines is 1. The summed E-state index contributed by atoms with van der Waals surface area (Å²) in [6.07, 6.45) is -3.48. The molecule has 0 aromatic heterocycles. The predicted octanol–water partition coefficient (Wildman–Crippen LogP) is 6.09. The number of nitrogens with zero attached hydrogens (tertiary/aromatic N) is 2. The molecule has 0 saturated heterocycles. The molecule has 0 saturated carbocycles. The molecule has 0 aliphatic rings. The minimum absolute atomic E-state index is 0.0780. The second-order valence-electron chi connectivity index (χ2n) is 6.74. The molecule has 0 heterocycles. The number of hydrogen-bond donors (Lipinski definition) is 1. The quantitative estimate of drug-likeness (QED) is 0.154. The minimum atomic E-state index is -4.75. The number of alkyl halides is 3. The minimum Gasteiger partial charge on any atom is -0.450 e. The fourth-order valence-electron chi connectivity index (χ4n) is 2.73. The van der Waals surface area contributed by atoms with Crippen LogP contribution in [0.1, 0.15) is 11.1 Å². The van der Waals surface area contributed by atoms with Crippen LogP contribution in [0.4, 0.5) is 28.9 Å². The van der Waals surface area contributed by atoms with E-state index in [9.17, 15) is 37.7 Å². The summed E-state index contributed by atoms with van der Waals surface area (Å²) in [5.41, 5.74) is -1.61. The summed E-state index contributed by atoms with van der Waals surface area (Å²) < 4.78 is 56.8. The van der Waals surface area contributed by atoms with Crippen LogP contribution in [0, 0.1) is 27.3 Å². The van der Waals surface area contributed by atoms with Crippen LogP contribution in [0.15, 0.2) is 72.3 Å². The van der Waals surface area contributed by atoms with Crippen LogP contribution in [0.3, 0.4) is 0 Å². The van der Waals surface area contributed by atoms with Crippen molar-refractivity contribution in [3.8, 4) is 17.6 Å². The van der Waals surface area contributed by atoms with E-state index in [2.05, 4.69) is 5.32 Å². The van der Waals surface area contributed by atoms with Crippen molar-refractivity contribution in [1.29, 1.82) is 5.26 Å². The molecule has 0 radical (unpaired) electrons. The van der Waals surface area contributed by atoms with Crippen LogP contribution in [0.25, 0.3) is 6.08 Å². The van der Waals surface area contributed by atoms with Crippen LogP contribution in [-0.2, 0) is 11.0 Å². The zero-order chi connectivity index (χ0) is 24.9. The Morgan fingerprint density at radius 1 is 1.06 bits per heavy atom. The van der Waals surface area contributed by atoms with Crippen LogP contribution in [0.2, 0.25) is 0 Å². The molecule has 0 aliphatic carbocycles. The van der Waals surface area contributed by atoms with E-state index in [1.165, 1.54) is 42.5 Å². The third-order valence-electron chi connectivity index (χ3n) is 4.37. The Bertz CT molecular complexity index is 1300. The molecule has 0 fully saturated rings. The second-order valence-corrected chi connectivity index (χ2v) is 6.74. The van der Waals surface area contributed by atoms with Crippen molar-refractivity contribution in [2.45, 2.75) is 6.18 Å². The summed E-state index contributed by atoms with van der Waals surface area (Å²) in [4.78, 5) is 22.5. The summed E-state index contributed by atoms with van der Waals surface area (Å²) in [5, 5.41) is 22.9. The van der Waals surface area contributed by atoms with Gasteiger partial charge in [-0.05, 0) is 60.2 Å². The SMILES string of the molecule is N#C/C(=C\c1ccc(Oc2ccc(C(F)(F)F)cc2[N+](=O)[O-])cc1)C(=O)Nc1ccc(F)cc1. The summed E-state index contributed by atoms with van der Waals surface area (Å²) >= 11 is 0. The lowest BCUT2D eigenvalue weighted by Gasteiger charge is -2.10. The number of amides is 1. The molecule has 3 aromatic carbocycles. The van der Waals surface area contributed by atoms with Crippen LogP contribution >= 0.6 is 0 Å². The highest BCUT2D eigenvalue weighted by Gasteiger charge is 2.33. The van der Waals surface area contributed by atoms with Crippen molar-refractivity contribution >= 4 is 23.4 Å². The van der Waals surface area contributed by atoms with Gasteiger partial charge in [0.1, 0.15) is 23.2 Å². The summed E-state index contributed by atoms with van der Waals surface area (Å²) in [5.74, 6) is -1.53. The second kappa shape index (κ2) is 9.83. The zero-order valence-corrected chi connectivity index (χ0v) is 17.0. The summed E-state index contributed by atoms with van der Waals surface area (Å²) in [6.45, 7) is 0. The summed E-state index contributed by atoms with van der Waals surface area (Å²) in [7, 11) is 0. The molecule has 0 spiro atoms. The number of ether oxygens (including phenoxy) is 1. The molecule has 1 N–H and O–H groups in total. The van der Waals surface area contributed by atoms with E-state index in [-0.39, 0.29) is 17.0 Å². The van der Waals surface area contributed by atoms with Gasteiger partial charge in [-0.25, -0.2) is 4.39 Å². The van der Waals surface area contributed by atoms with Gasteiger partial charge >= 0.3 is 11.9 Å². The molecule has 0 bridgehead atoms. The molecule has 7 nitrogen and oxygen atoms in total. The maximum Gasteiger partial charge on any atom is 0.416 e. The highest BCUT2D eigenvalue weighted by molar-refractivity contribution is 6.09. The standard InChI is InChI=1S/C23H13F4N3O4/c24-17-4-6-18(7-5-17)29-22(31)15(13-28)11-14-1-8-19(9-2-14)34-21-10-3-16(23(25,26)27)12-20(21)30(32)33/h1-12H,(H,29,31)/b15-11+. The number of nitriles is 1. The fraction of sp³-hybridized carbons (Fsp3) is 0.0435. The van der Waals surface area contributed by atoms with E-state index in [1.54, 1.807) is 6.07 Å². The van der Waals surface area contributed by atoms with E-state index in [0.29, 0.717) is 17.7 Å². The van der Waals surface area contributed by atoms with Gasteiger partial charge in [-0.15, -0.1) is 0 Å². The van der Waals surface area contributed by atoms with Gasteiger partial charge in [-0.1, -0.05) is 12.1 Å². The number of nitro groups is 1. The highest BCUT2D eigenvalue weighted by Crippen LogP contribution is 2.37. The third-order valence-corrected chi connectivity index (χ3v) is 4.37. The predicted molar refractivity (Wildman–Crippen MR) is 113 cm³/mol. The molecular formula is C23H13F4N3O4. The average Bonchev–Trinajstić information content (AvgIpc) is 2.79. The molecule has 1 amide bonds. The van der Waals surface area contributed by atoms with Gasteiger partial charge in [-0.2, -0.15) is 18.4 Å². The van der Waals surface area contributed by atoms with Crippen LogP contribution in [0.5, 0.6) is 11.5 Å². The first-order chi connectivity index (χ1) is 16.1. The van der Waals surface area contributed by atoms with Crippen molar-refractivity contribution in [3.63, 3.8) is 0 Å². The largest absolute Gasteiger partial charge is 0.450 e. The smallest absolute Gasteiger partial charge is 0.416 e. The molecule has 34 heavy (non-hydrogen) atoms. The van der Waals surface area contributed by atoms with Gasteiger partial charge in [-0.3, -0.25) is 14.9 Å². The molecule has 3 aromatic rings. The topological polar surface area (TPSA) is 105 Å². The highest BCUT2D eigenvalue weighted by atomic mass is 19.4. The monoisotopic (exact) mass is 471 g/mol. The third kappa shape index (κ3) is 5.95. The first-order valence-electron chi connectivity index (χ1n) is 9.39. The molecule has 0 aliphatic heterocycles. The Kier molecular flexibility index (Phi) is 6.92. The first-order valence-corrected chi connectivity index (χ1v) is 9.39. The number of carbonyl (C=O) groups is 1. The van der Waals surface area contributed by atoms with Gasteiger partial charge < -0.3 is 10.1 Å². The van der Waals surface area contributed by atoms with E-state index in [1.807, 2.05) is 0 Å². The van der Waals surface area contributed by atoms with Crippen molar-refractivity contribution in [2.24, 2.45) is 0 Å². The van der Waals surface area contributed by atoms with Gasteiger partial charge in [0.05, 0.1) is 10.5 Å². The van der Waals surface area contributed by atoms with Crippen molar-refractivity contribution in [1.82, 2.24) is 0 Å². The van der Waals surface area contributed by atoms with Gasteiger partial charge in [0.15, 0.2) is 0 Å². The Labute approximate surface area is 189 Å². The Hall–Kier alpha value is -4.72. The van der Waals surface area contributed by atoms with Gasteiger partial charge in [0, 0.05) is 11.8 Å². The van der Waals surface area contributed by atoms with Gasteiger partial charge in [0.2, 0.25) is 5.75 Å². The lowest BCUT2D eigenvalue weighted by atomic mass is 10.1. The van der Waals surface area contributed by atoms with Crippen molar-refractivity contribution < 1.29 is 32.0 Å². The number of hydrogen-bond acceptors (Lipinski definition) is 5. The molecule has 0 unspecified atom stereocenters. The molecular weight excluding hydrogens is 458 g/mol. The van der Waals surface area contributed by atoms with E-state index in [0.717, 1.165) is 18.2 Å². The number of nitrogens with one attached hydrogen (secondary N) is 1. The first kappa shape index (κ1) is 23.9. The van der Waals surface area contributed by atoms with E-state index >= 15 is 0 Å². The Morgan fingerprint density at radius 2 is 1.71 bits per heavy atom. The number of halogens is 4. The molecule has 3 rings (SSSR count).